The number of nitrogens with one attached hydrogen (secondary N) is 1. The van der Waals surface area contributed by atoms with E-state index in [1.807, 2.05) is 24.3 Å². The molecule has 1 aromatic carbocycles. The lowest BCUT2D eigenvalue weighted by atomic mass is 10.3. The SMILES string of the molecule is COC(=O)CNc1ccccc1I. The Morgan fingerprint density at radius 1 is 1.54 bits per heavy atom. The van der Waals surface area contributed by atoms with Crippen LogP contribution in [0.2, 0.25) is 0 Å². The molecule has 70 valence electrons. The molecule has 0 aliphatic heterocycles. The molecule has 0 aliphatic rings. The molecule has 0 radical (unpaired) electrons. The van der Waals surface area contributed by atoms with Crippen LogP contribution in [0.4, 0.5) is 5.69 Å². The third-order valence-corrected chi connectivity index (χ3v) is 2.47. The minimum absolute atomic E-state index is 0.205. The Kier molecular flexibility index (Phi) is 4.01. The van der Waals surface area contributed by atoms with E-state index in [2.05, 4.69) is 32.6 Å². The van der Waals surface area contributed by atoms with Gasteiger partial charge in [0, 0.05) is 9.26 Å². The number of hydrogen-bond donors (Lipinski definition) is 1. The maximum Gasteiger partial charge on any atom is 0.325 e. The normalized spacial score (nSPS) is 9.38. The van der Waals surface area contributed by atoms with E-state index >= 15 is 0 Å². The molecule has 0 aliphatic carbocycles. The molecule has 0 aromatic heterocycles. The second-order valence-corrected chi connectivity index (χ2v) is 3.57. The molecule has 0 amide bonds. The van der Waals surface area contributed by atoms with Crippen LogP contribution in [0.1, 0.15) is 0 Å². The molecule has 1 aromatic rings. The molecule has 1 rings (SSSR count). The van der Waals surface area contributed by atoms with Crippen molar-refractivity contribution in [3.05, 3.63) is 27.8 Å². The van der Waals surface area contributed by atoms with Gasteiger partial charge in [-0.2, -0.15) is 0 Å². The third kappa shape index (κ3) is 3.22. The van der Waals surface area contributed by atoms with Crippen molar-refractivity contribution in [1.29, 1.82) is 0 Å². The summed E-state index contributed by atoms with van der Waals surface area (Å²) < 4.78 is 5.59. The van der Waals surface area contributed by atoms with Crippen LogP contribution in [-0.4, -0.2) is 19.6 Å². The fraction of sp³-hybridized carbons (Fsp3) is 0.222. The van der Waals surface area contributed by atoms with Gasteiger partial charge in [-0.1, -0.05) is 12.1 Å². The molecule has 0 bridgehead atoms. The summed E-state index contributed by atoms with van der Waals surface area (Å²) in [6.07, 6.45) is 0. The first-order valence-electron chi connectivity index (χ1n) is 3.79. The number of carbonyl (C=O) groups excluding carboxylic acids is 1. The summed E-state index contributed by atoms with van der Waals surface area (Å²) in [6, 6.07) is 7.76. The highest BCUT2D eigenvalue weighted by atomic mass is 127. The summed E-state index contributed by atoms with van der Waals surface area (Å²) in [7, 11) is 1.37. The summed E-state index contributed by atoms with van der Waals surface area (Å²) >= 11 is 2.20. The lowest BCUT2D eigenvalue weighted by Crippen LogP contribution is -2.15. The lowest BCUT2D eigenvalue weighted by Gasteiger charge is -2.06. The summed E-state index contributed by atoms with van der Waals surface area (Å²) in [6.45, 7) is 0.205. The lowest BCUT2D eigenvalue weighted by molar-refractivity contribution is -0.138. The van der Waals surface area contributed by atoms with Crippen molar-refractivity contribution >= 4 is 34.2 Å². The number of hydrogen-bond acceptors (Lipinski definition) is 3. The largest absolute Gasteiger partial charge is 0.468 e. The fourth-order valence-electron chi connectivity index (χ4n) is 0.844. The van der Waals surface area contributed by atoms with E-state index in [0.29, 0.717) is 0 Å². The number of para-hydroxylation sites is 1. The van der Waals surface area contributed by atoms with Crippen LogP contribution in [0.25, 0.3) is 0 Å². The highest BCUT2D eigenvalue weighted by Gasteiger charge is 2.01. The van der Waals surface area contributed by atoms with Gasteiger partial charge in [-0.3, -0.25) is 4.79 Å². The summed E-state index contributed by atoms with van der Waals surface area (Å²) in [5, 5.41) is 2.98. The van der Waals surface area contributed by atoms with Crippen molar-refractivity contribution in [1.82, 2.24) is 0 Å². The maximum absolute atomic E-state index is 10.8. The summed E-state index contributed by atoms with van der Waals surface area (Å²) in [5.41, 5.74) is 0.952. The van der Waals surface area contributed by atoms with Crippen LogP contribution in [-0.2, 0) is 9.53 Å². The topological polar surface area (TPSA) is 38.3 Å². The van der Waals surface area contributed by atoms with Gasteiger partial charge in [0.25, 0.3) is 0 Å². The van der Waals surface area contributed by atoms with Gasteiger partial charge in [0.1, 0.15) is 6.54 Å². The van der Waals surface area contributed by atoms with Gasteiger partial charge < -0.3 is 10.1 Å². The van der Waals surface area contributed by atoms with Crippen LogP contribution in [0.15, 0.2) is 24.3 Å². The average Bonchev–Trinajstić information content (AvgIpc) is 2.16. The zero-order valence-corrected chi connectivity index (χ0v) is 9.37. The number of esters is 1. The molecule has 4 heteroatoms. The van der Waals surface area contributed by atoms with Crippen LogP contribution >= 0.6 is 22.6 Å². The maximum atomic E-state index is 10.8. The van der Waals surface area contributed by atoms with Gasteiger partial charge in [-0.05, 0) is 34.7 Å². The van der Waals surface area contributed by atoms with Crippen molar-refractivity contribution in [2.45, 2.75) is 0 Å². The molecule has 0 atom stereocenters. The average molecular weight is 291 g/mol. The van der Waals surface area contributed by atoms with Gasteiger partial charge in [-0.25, -0.2) is 0 Å². The summed E-state index contributed by atoms with van der Waals surface area (Å²) in [5.74, 6) is -0.264. The minimum atomic E-state index is -0.264. The Morgan fingerprint density at radius 2 is 2.23 bits per heavy atom. The first-order chi connectivity index (χ1) is 6.24. The van der Waals surface area contributed by atoms with Crippen molar-refractivity contribution in [3.63, 3.8) is 0 Å². The molecule has 0 saturated heterocycles. The predicted octanol–water partition coefficient (Wildman–Crippen LogP) is 1.88. The zero-order chi connectivity index (χ0) is 9.68. The Labute approximate surface area is 90.6 Å². The minimum Gasteiger partial charge on any atom is -0.468 e. The highest BCUT2D eigenvalue weighted by molar-refractivity contribution is 14.1. The van der Waals surface area contributed by atoms with E-state index in [1.54, 1.807) is 0 Å². The smallest absolute Gasteiger partial charge is 0.325 e. The highest BCUT2D eigenvalue weighted by Crippen LogP contribution is 2.16. The molecule has 0 heterocycles. The standard InChI is InChI=1S/C9H10INO2/c1-13-9(12)6-11-8-5-3-2-4-7(8)10/h2-5,11H,6H2,1H3. The quantitative estimate of drug-likeness (QED) is 0.682. The molecule has 13 heavy (non-hydrogen) atoms. The first kappa shape index (κ1) is 10.3. The molecule has 3 nitrogen and oxygen atoms in total. The molecule has 0 spiro atoms. The monoisotopic (exact) mass is 291 g/mol. The van der Waals surface area contributed by atoms with Crippen LogP contribution in [0.3, 0.4) is 0 Å². The molecular weight excluding hydrogens is 281 g/mol. The molecule has 0 unspecified atom stereocenters. The Balaban J connectivity index is 2.54. The number of rotatable bonds is 3. The number of anilines is 1. The van der Waals surface area contributed by atoms with Crippen molar-refractivity contribution < 1.29 is 9.53 Å². The first-order valence-corrected chi connectivity index (χ1v) is 4.87. The molecule has 0 fully saturated rings. The van der Waals surface area contributed by atoms with Crippen molar-refractivity contribution in [3.8, 4) is 0 Å². The number of halogens is 1. The van der Waals surface area contributed by atoms with E-state index in [9.17, 15) is 4.79 Å². The molecular formula is C9H10INO2. The van der Waals surface area contributed by atoms with Gasteiger partial charge in [0.2, 0.25) is 0 Å². The van der Waals surface area contributed by atoms with Crippen molar-refractivity contribution in [2.75, 3.05) is 19.0 Å². The number of carbonyl (C=O) groups is 1. The van der Waals surface area contributed by atoms with E-state index in [0.717, 1.165) is 9.26 Å². The Bertz CT molecular complexity index is 301. The third-order valence-electron chi connectivity index (χ3n) is 1.52. The van der Waals surface area contributed by atoms with Crippen molar-refractivity contribution in [2.24, 2.45) is 0 Å². The van der Waals surface area contributed by atoms with Gasteiger partial charge in [-0.15, -0.1) is 0 Å². The van der Waals surface area contributed by atoms with E-state index < -0.39 is 0 Å². The Morgan fingerprint density at radius 3 is 2.85 bits per heavy atom. The molecule has 1 N–H and O–H groups in total. The molecule has 0 saturated carbocycles. The zero-order valence-electron chi connectivity index (χ0n) is 7.21. The Hall–Kier alpha value is -0.780. The van der Waals surface area contributed by atoms with Crippen LogP contribution in [0.5, 0.6) is 0 Å². The van der Waals surface area contributed by atoms with Gasteiger partial charge in [0.05, 0.1) is 7.11 Å². The van der Waals surface area contributed by atoms with E-state index in [4.69, 9.17) is 0 Å². The second-order valence-electron chi connectivity index (χ2n) is 2.41. The second kappa shape index (κ2) is 5.06. The summed E-state index contributed by atoms with van der Waals surface area (Å²) in [4.78, 5) is 10.8. The predicted molar refractivity (Wildman–Crippen MR) is 59.7 cm³/mol. The van der Waals surface area contributed by atoms with Gasteiger partial charge >= 0.3 is 5.97 Å². The number of methoxy groups -OCH3 is 1. The van der Waals surface area contributed by atoms with Crippen LogP contribution < -0.4 is 5.32 Å². The fourth-order valence-corrected chi connectivity index (χ4v) is 1.42. The van der Waals surface area contributed by atoms with Crippen LogP contribution in [0, 0.1) is 3.57 Å². The van der Waals surface area contributed by atoms with E-state index in [1.165, 1.54) is 7.11 Å². The number of ether oxygens (including phenoxy) is 1. The number of benzene rings is 1. The van der Waals surface area contributed by atoms with Gasteiger partial charge in [0.15, 0.2) is 0 Å². The van der Waals surface area contributed by atoms with E-state index in [-0.39, 0.29) is 12.5 Å².